The topological polar surface area (TPSA) is 67.0 Å². The SMILES string of the molecule is CCCc1[nH]cnc1C(=O)NCCCOC. The summed E-state index contributed by atoms with van der Waals surface area (Å²) in [6.45, 7) is 3.34. The Hall–Kier alpha value is -1.36. The lowest BCUT2D eigenvalue weighted by Crippen LogP contribution is -2.26. The van der Waals surface area contributed by atoms with Crippen LogP contribution in [0.3, 0.4) is 0 Å². The van der Waals surface area contributed by atoms with E-state index in [1.807, 2.05) is 0 Å². The number of aromatic nitrogens is 2. The lowest BCUT2D eigenvalue weighted by molar-refractivity contribution is 0.0943. The summed E-state index contributed by atoms with van der Waals surface area (Å²) >= 11 is 0. The maximum Gasteiger partial charge on any atom is 0.271 e. The minimum atomic E-state index is -0.110. The molecule has 2 N–H and O–H groups in total. The molecule has 0 aromatic carbocycles. The Kier molecular flexibility index (Phi) is 5.56. The number of nitrogens with one attached hydrogen (secondary N) is 2. The molecule has 0 saturated carbocycles. The predicted octanol–water partition coefficient (Wildman–Crippen LogP) is 1.13. The summed E-state index contributed by atoms with van der Waals surface area (Å²) in [5, 5.41) is 2.82. The summed E-state index contributed by atoms with van der Waals surface area (Å²) in [7, 11) is 1.65. The summed E-state index contributed by atoms with van der Waals surface area (Å²) in [5.41, 5.74) is 1.42. The molecule has 0 spiro atoms. The third-order valence-corrected chi connectivity index (χ3v) is 2.24. The van der Waals surface area contributed by atoms with Gasteiger partial charge in [0.25, 0.3) is 5.91 Å². The van der Waals surface area contributed by atoms with E-state index in [9.17, 15) is 4.79 Å². The molecule has 5 nitrogen and oxygen atoms in total. The molecule has 0 aliphatic carbocycles. The molecule has 1 amide bonds. The third kappa shape index (κ3) is 3.66. The molecule has 0 radical (unpaired) electrons. The van der Waals surface area contributed by atoms with Gasteiger partial charge in [0, 0.05) is 26.0 Å². The molecule has 0 bridgehead atoms. The number of H-pyrrole nitrogens is 1. The number of aromatic amines is 1. The van der Waals surface area contributed by atoms with Crippen LogP contribution in [-0.4, -0.2) is 36.1 Å². The number of hydrogen-bond donors (Lipinski definition) is 2. The number of amides is 1. The van der Waals surface area contributed by atoms with Gasteiger partial charge in [0.15, 0.2) is 0 Å². The maximum absolute atomic E-state index is 11.7. The Balaban J connectivity index is 2.42. The van der Waals surface area contributed by atoms with Crippen molar-refractivity contribution in [2.24, 2.45) is 0 Å². The molecule has 0 saturated heterocycles. The molecular formula is C11H19N3O2. The zero-order chi connectivity index (χ0) is 11.8. The fourth-order valence-electron chi connectivity index (χ4n) is 1.46. The number of aryl methyl sites for hydroxylation is 1. The standard InChI is InChI=1S/C11H19N3O2/c1-3-5-9-10(14-8-13-9)11(15)12-6-4-7-16-2/h8H,3-7H2,1-2H3,(H,12,15)(H,13,14). The van der Waals surface area contributed by atoms with E-state index in [0.29, 0.717) is 18.8 Å². The van der Waals surface area contributed by atoms with Gasteiger partial charge < -0.3 is 15.0 Å². The highest BCUT2D eigenvalue weighted by atomic mass is 16.5. The second-order valence-corrected chi connectivity index (χ2v) is 3.58. The highest BCUT2D eigenvalue weighted by Gasteiger charge is 2.12. The summed E-state index contributed by atoms with van der Waals surface area (Å²) < 4.78 is 4.90. The van der Waals surface area contributed by atoms with E-state index < -0.39 is 0 Å². The number of ether oxygens (including phenoxy) is 1. The second kappa shape index (κ2) is 7.00. The van der Waals surface area contributed by atoms with Gasteiger partial charge in [-0.2, -0.15) is 0 Å². The quantitative estimate of drug-likeness (QED) is 0.683. The number of methoxy groups -OCH3 is 1. The minimum absolute atomic E-state index is 0.110. The molecule has 16 heavy (non-hydrogen) atoms. The van der Waals surface area contributed by atoms with Crippen LogP contribution in [-0.2, 0) is 11.2 Å². The largest absolute Gasteiger partial charge is 0.385 e. The van der Waals surface area contributed by atoms with Crippen LogP contribution >= 0.6 is 0 Å². The smallest absolute Gasteiger partial charge is 0.271 e. The van der Waals surface area contributed by atoms with Crippen molar-refractivity contribution >= 4 is 5.91 Å². The second-order valence-electron chi connectivity index (χ2n) is 3.58. The van der Waals surface area contributed by atoms with Crippen LogP contribution in [0, 0.1) is 0 Å². The molecule has 0 aliphatic rings. The lowest BCUT2D eigenvalue weighted by Gasteiger charge is -2.04. The van der Waals surface area contributed by atoms with Gasteiger partial charge in [0.1, 0.15) is 5.69 Å². The van der Waals surface area contributed by atoms with Crippen LogP contribution in [0.15, 0.2) is 6.33 Å². The highest BCUT2D eigenvalue weighted by Crippen LogP contribution is 2.05. The predicted molar refractivity (Wildman–Crippen MR) is 61.4 cm³/mol. The average Bonchev–Trinajstić information content (AvgIpc) is 2.73. The van der Waals surface area contributed by atoms with E-state index >= 15 is 0 Å². The highest BCUT2D eigenvalue weighted by molar-refractivity contribution is 5.93. The zero-order valence-corrected chi connectivity index (χ0v) is 9.88. The Morgan fingerprint density at radius 2 is 2.44 bits per heavy atom. The van der Waals surface area contributed by atoms with Gasteiger partial charge in [-0.1, -0.05) is 13.3 Å². The molecule has 1 aromatic heterocycles. The number of imidazole rings is 1. The minimum Gasteiger partial charge on any atom is -0.385 e. The van der Waals surface area contributed by atoms with Gasteiger partial charge in [-0.15, -0.1) is 0 Å². The number of rotatable bonds is 7. The molecule has 5 heteroatoms. The van der Waals surface area contributed by atoms with Crippen LogP contribution in [0.4, 0.5) is 0 Å². The molecule has 1 aromatic rings. The number of carbonyl (C=O) groups is 1. The van der Waals surface area contributed by atoms with Crippen LogP contribution in [0.25, 0.3) is 0 Å². The average molecular weight is 225 g/mol. The van der Waals surface area contributed by atoms with Gasteiger partial charge in [0.2, 0.25) is 0 Å². The van der Waals surface area contributed by atoms with Gasteiger partial charge in [-0.3, -0.25) is 4.79 Å². The monoisotopic (exact) mass is 225 g/mol. The number of nitrogens with zero attached hydrogens (tertiary/aromatic N) is 1. The van der Waals surface area contributed by atoms with Crippen molar-refractivity contribution in [1.82, 2.24) is 15.3 Å². The fraction of sp³-hybridized carbons (Fsp3) is 0.636. The Morgan fingerprint density at radius 3 is 3.12 bits per heavy atom. The van der Waals surface area contributed by atoms with Crippen LogP contribution < -0.4 is 5.32 Å². The van der Waals surface area contributed by atoms with E-state index in [2.05, 4.69) is 22.2 Å². The van der Waals surface area contributed by atoms with Crippen molar-refractivity contribution in [3.05, 3.63) is 17.7 Å². The van der Waals surface area contributed by atoms with E-state index in [1.165, 1.54) is 0 Å². The lowest BCUT2D eigenvalue weighted by atomic mass is 10.2. The van der Waals surface area contributed by atoms with Gasteiger partial charge in [-0.25, -0.2) is 4.98 Å². The summed E-state index contributed by atoms with van der Waals surface area (Å²) in [5.74, 6) is -0.110. The van der Waals surface area contributed by atoms with Crippen LogP contribution in [0.5, 0.6) is 0 Å². The van der Waals surface area contributed by atoms with Gasteiger partial charge in [0.05, 0.1) is 6.33 Å². The van der Waals surface area contributed by atoms with Crippen LogP contribution in [0.1, 0.15) is 35.9 Å². The molecule has 0 aliphatic heterocycles. The summed E-state index contributed by atoms with van der Waals surface area (Å²) in [4.78, 5) is 18.8. The van der Waals surface area contributed by atoms with E-state index in [1.54, 1.807) is 13.4 Å². The van der Waals surface area contributed by atoms with E-state index in [-0.39, 0.29) is 5.91 Å². The Morgan fingerprint density at radius 1 is 1.62 bits per heavy atom. The number of carbonyl (C=O) groups excluding carboxylic acids is 1. The fourth-order valence-corrected chi connectivity index (χ4v) is 1.46. The molecule has 0 atom stereocenters. The molecular weight excluding hydrogens is 206 g/mol. The van der Waals surface area contributed by atoms with Crippen molar-refractivity contribution < 1.29 is 9.53 Å². The summed E-state index contributed by atoms with van der Waals surface area (Å²) in [6, 6.07) is 0. The summed E-state index contributed by atoms with van der Waals surface area (Å²) in [6.07, 6.45) is 4.22. The zero-order valence-electron chi connectivity index (χ0n) is 9.88. The normalized spacial score (nSPS) is 10.4. The first-order valence-corrected chi connectivity index (χ1v) is 5.59. The van der Waals surface area contributed by atoms with E-state index in [0.717, 1.165) is 25.0 Å². The van der Waals surface area contributed by atoms with E-state index in [4.69, 9.17) is 4.74 Å². The molecule has 0 fully saturated rings. The van der Waals surface area contributed by atoms with Crippen molar-refractivity contribution in [2.45, 2.75) is 26.2 Å². The molecule has 0 unspecified atom stereocenters. The number of hydrogen-bond acceptors (Lipinski definition) is 3. The van der Waals surface area contributed by atoms with Gasteiger partial charge in [-0.05, 0) is 12.8 Å². The maximum atomic E-state index is 11.7. The first kappa shape index (κ1) is 12.7. The van der Waals surface area contributed by atoms with Crippen molar-refractivity contribution in [1.29, 1.82) is 0 Å². The van der Waals surface area contributed by atoms with Crippen molar-refractivity contribution in [2.75, 3.05) is 20.3 Å². The van der Waals surface area contributed by atoms with Gasteiger partial charge >= 0.3 is 0 Å². The first-order valence-electron chi connectivity index (χ1n) is 5.59. The Labute approximate surface area is 95.6 Å². The third-order valence-electron chi connectivity index (χ3n) is 2.24. The van der Waals surface area contributed by atoms with Crippen molar-refractivity contribution in [3.63, 3.8) is 0 Å². The molecule has 1 rings (SSSR count). The molecule has 1 heterocycles. The van der Waals surface area contributed by atoms with Crippen molar-refractivity contribution in [3.8, 4) is 0 Å². The Bertz CT molecular complexity index is 323. The van der Waals surface area contributed by atoms with Crippen LogP contribution in [0.2, 0.25) is 0 Å². The molecule has 90 valence electrons. The first-order chi connectivity index (χ1) is 7.79.